The lowest BCUT2D eigenvalue weighted by Crippen LogP contribution is -2.06. The number of halogens is 2. The van der Waals surface area contributed by atoms with Gasteiger partial charge in [-0.2, -0.15) is 5.10 Å². The number of nitrogens with zero attached hydrogens (tertiary/aromatic N) is 2. The molecule has 0 fully saturated rings. The Hall–Kier alpha value is -2.63. The van der Waals surface area contributed by atoms with Crippen molar-refractivity contribution < 1.29 is 9.47 Å². The number of benzene rings is 2. The molecule has 1 aromatic heterocycles. The molecule has 3 rings (SSSR count). The van der Waals surface area contributed by atoms with E-state index in [-0.39, 0.29) is 0 Å². The SMILES string of the molecule is COc1ccc(CN/N=C\c2cc(C)n(-c3ccc(Cl)cc3Cl)c2C)cc1OC. The number of hydrogen-bond acceptors (Lipinski definition) is 4. The van der Waals surface area contributed by atoms with Gasteiger partial charge in [-0.25, -0.2) is 0 Å². The van der Waals surface area contributed by atoms with Crippen LogP contribution in [-0.2, 0) is 6.54 Å². The number of hydrazone groups is 1. The van der Waals surface area contributed by atoms with E-state index < -0.39 is 0 Å². The van der Waals surface area contributed by atoms with E-state index in [1.165, 1.54) is 0 Å². The fraction of sp³-hybridized carbons (Fsp3) is 0.227. The third kappa shape index (κ3) is 4.69. The second-order valence-corrected chi connectivity index (χ2v) is 7.38. The molecule has 0 amide bonds. The van der Waals surface area contributed by atoms with E-state index >= 15 is 0 Å². The zero-order chi connectivity index (χ0) is 21.0. The molecule has 0 unspecified atom stereocenters. The summed E-state index contributed by atoms with van der Waals surface area (Å²) >= 11 is 12.4. The molecular weight excluding hydrogens is 409 g/mol. The van der Waals surface area contributed by atoms with Crippen molar-refractivity contribution in [3.05, 3.63) is 75.0 Å². The molecule has 0 atom stereocenters. The van der Waals surface area contributed by atoms with Gasteiger partial charge in [-0.15, -0.1) is 0 Å². The van der Waals surface area contributed by atoms with Crippen LogP contribution in [-0.4, -0.2) is 25.0 Å². The van der Waals surface area contributed by atoms with Gasteiger partial charge in [-0.05, 0) is 55.8 Å². The summed E-state index contributed by atoms with van der Waals surface area (Å²) in [4.78, 5) is 0. The maximum atomic E-state index is 6.39. The summed E-state index contributed by atoms with van der Waals surface area (Å²) in [5, 5.41) is 5.59. The minimum atomic E-state index is 0.568. The minimum absolute atomic E-state index is 0.568. The summed E-state index contributed by atoms with van der Waals surface area (Å²) in [5.41, 5.74) is 8.12. The van der Waals surface area contributed by atoms with Gasteiger partial charge in [0.15, 0.2) is 11.5 Å². The standard InChI is InChI=1S/C22H23Cl2N3O2/c1-14-9-17(15(2)27(14)20-7-6-18(23)11-19(20)24)13-26-25-12-16-5-8-21(28-3)22(10-16)29-4/h5-11,13,25H,12H2,1-4H3/b26-13-. The van der Waals surface area contributed by atoms with Crippen LogP contribution in [0.4, 0.5) is 0 Å². The highest BCUT2D eigenvalue weighted by molar-refractivity contribution is 6.35. The quantitative estimate of drug-likeness (QED) is 0.394. The Bertz CT molecular complexity index is 1040. The summed E-state index contributed by atoms with van der Waals surface area (Å²) in [6.07, 6.45) is 1.81. The molecule has 0 saturated carbocycles. The van der Waals surface area contributed by atoms with Crippen LogP contribution >= 0.6 is 23.2 Å². The van der Waals surface area contributed by atoms with E-state index in [4.69, 9.17) is 32.7 Å². The van der Waals surface area contributed by atoms with Crippen LogP contribution in [0.1, 0.15) is 22.5 Å². The van der Waals surface area contributed by atoms with Crippen LogP contribution in [0.3, 0.4) is 0 Å². The Labute approximate surface area is 180 Å². The van der Waals surface area contributed by atoms with E-state index in [1.807, 2.05) is 50.4 Å². The van der Waals surface area contributed by atoms with Crippen molar-refractivity contribution in [1.29, 1.82) is 0 Å². The average molecular weight is 432 g/mol. The molecule has 3 aromatic rings. The molecule has 0 radical (unpaired) electrons. The molecule has 0 bridgehead atoms. The van der Waals surface area contributed by atoms with Crippen LogP contribution in [0.2, 0.25) is 10.0 Å². The Morgan fingerprint density at radius 2 is 1.76 bits per heavy atom. The van der Waals surface area contributed by atoms with Crippen LogP contribution in [0, 0.1) is 13.8 Å². The Morgan fingerprint density at radius 1 is 1.00 bits per heavy atom. The van der Waals surface area contributed by atoms with Gasteiger partial charge in [0.25, 0.3) is 0 Å². The van der Waals surface area contributed by atoms with Crippen LogP contribution < -0.4 is 14.9 Å². The highest BCUT2D eigenvalue weighted by atomic mass is 35.5. The number of aryl methyl sites for hydroxylation is 1. The monoisotopic (exact) mass is 431 g/mol. The third-order valence-electron chi connectivity index (χ3n) is 4.65. The number of ether oxygens (including phenoxy) is 2. The Morgan fingerprint density at radius 3 is 2.45 bits per heavy atom. The molecular formula is C22H23Cl2N3O2. The molecule has 0 saturated heterocycles. The van der Waals surface area contributed by atoms with Gasteiger partial charge >= 0.3 is 0 Å². The summed E-state index contributed by atoms with van der Waals surface area (Å²) < 4.78 is 12.7. The van der Waals surface area contributed by atoms with Gasteiger partial charge in [0.2, 0.25) is 0 Å². The topological polar surface area (TPSA) is 47.8 Å². The lowest BCUT2D eigenvalue weighted by atomic mass is 10.2. The average Bonchev–Trinajstić information content (AvgIpc) is 2.98. The van der Waals surface area contributed by atoms with Gasteiger partial charge in [0.05, 0.1) is 37.7 Å². The van der Waals surface area contributed by atoms with Crippen LogP contribution in [0.25, 0.3) is 5.69 Å². The molecule has 0 aliphatic rings. The van der Waals surface area contributed by atoms with Crippen LogP contribution in [0.5, 0.6) is 11.5 Å². The fourth-order valence-corrected chi connectivity index (χ4v) is 3.69. The third-order valence-corrected chi connectivity index (χ3v) is 5.18. The molecule has 1 heterocycles. The van der Waals surface area contributed by atoms with Crippen molar-refractivity contribution in [1.82, 2.24) is 9.99 Å². The van der Waals surface area contributed by atoms with Crippen molar-refractivity contribution in [2.45, 2.75) is 20.4 Å². The predicted molar refractivity (Wildman–Crippen MR) is 119 cm³/mol. The normalized spacial score (nSPS) is 11.1. The number of aromatic nitrogens is 1. The molecule has 1 N–H and O–H groups in total. The first-order valence-electron chi connectivity index (χ1n) is 9.05. The molecule has 5 nitrogen and oxygen atoms in total. The van der Waals surface area contributed by atoms with Gasteiger partial charge in [0.1, 0.15) is 0 Å². The van der Waals surface area contributed by atoms with Gasteiger partial charge in [-0.1, -0.05) is 29.3 Å². The summed E-state index contributed by atoms with van der Waals surface area (Å²) in [5.74, 6) is 1.40. The highest BCUT2D eigenvalue weighted by Crippen LogP contribution is 2.29. The van der Waals surface area contributed by atoms with E-state index in [9.17, 15) is 0 Å². The second-order valence-electron chi connectivity index (χ2n) is 6.54. The van der Waals surface area contributed by atoms with Crippen molar-refractivity contribution >= 4 is 29.4 Å². The molecule has 29 heavy (non-hydrogen) atoms. The lowest BCUT2D eigenvalue weighted by Gasteiger charge is -2.11. The van der Waals surface area contributed by atoms with Crippen LogP contribution in [0.15, 0.2) is 47.6 Å². The first-order chi connectivity index (χ1) is 13.9. The molecule has 7 heteroatoms. The first kappa shape index (κ1) is 21.1. The van der Waals surface area contributed by atoms with Crippen molar-refractivity contribution in [2.24, 2.45) is 5.10 Å². The minimum Gasteiger partial charge on any atom is -0.493 e. The van der Waals surface area contributed by atoms with Crippen molar-refractivity contribution in [2.75, 3.05) is 14.2 Å². The maximum absolute atomic E-state index is 6.39. The second kappa shape index (κ2) is 9.25. The van der Waals surface area contributed by atoms with Gasteiger partial charge < -0.3 is 19.5 Å². The number of hydrogen-bond donors (Lipinski definition) is 1. The first-order valence-corrected chi connectivity index (χ1v) is 9.81. The zero-order valence-corrected chi connectivity index (χ0v) is 18.3. The van der Waals surface area contributed by atoms with E-state index in [0.717, 1.165) is 28.2 Å². The molecule has 152 valence electrons. The lowest BCUT2D eigenvalue weighted by molar-refractivity contribution is 0.354. The predicted octanol–water partition coefficient (Wildman–Crippen LogP) is 5.54. The fourth-order valence-electron chi connectivity index (χ4n) is 3.19. The number of methoxy groups -OCH3 is 2. The van der Waals surface area contributed by atoms with E-state index in [1.54, 1.807) is 20.3 Å². The van der Waals surface area contributed by atoms with E-state index in [0.29, 0.717) is 28.1 Å². The molecule has 0 spiro atoms. The van der Waals surface area contributed by atoms with Gasteiger partial charge in [0, 0.05) is 22.0 Å². The maximum Gasteiger partial charge on any atom is 0.161 e. The number of rotatable bonds is 7. The molecule has 0 aliphatic carbocycles. The molecule has 0 aliphatic heterocycles. The summed E-state index contributed by atoms with van der Waals surface area (Å²) in [7, 11) is 3.24. The zero-order valence-electron chi connectivity index (χ0n) is 16.8. The molecule has 2 aromatic carbocycles. The summed E-state index contributed by atoms with van der Waals surface area (Å²) in [6.45, 7) is 4.64. The Kier molecular flexibility index (Phi) is 6.72. The highest BCUT2D eigenvalue weighted by Gasteiger charge is 2.12. The van der Waals surface area contributed by atoms with Gasteiger partial charge in [-0.3, -0.25) is 0 Å². The smallest absolute Gasteiger partial charge is 0.161 e. The number of nitrogens with one attached hydrogen (secondary N) is 1. The Balaban J connectivity index is 1.73. The largest absolute Gasteiger partial charge is 0.493 e. The van der Waals surface area contributed by atoms with Crippen molar-refractivity contribution in [3.63, 3.8) is 0 Å². The van der Waals surface area contributed by atoms with E-state index in [2.05, 4.69) is 21.2 Å². The van der Waals surface area contributed by atoms with Crippen molar-refractivity contribution in [3.8, 4) is 17.2 Å². The summed E-state index contributed by atoms with van der Waals surface area (Å²) in [6, 6.07) is 13.3.